The predicted molar refractivity (Wildman–Crippen MR) is 65.2 cm³/mol. The molecule has 0 saturated heterocycles. The standard InChI is InChI=1S/C11H22BNO3/c1-3-15-11(14)8-16-10-6-9(7-10)13-5-4-12-2/h9-10,12-13H,3-8H2,1-2H3/t9-,10-. The van der Waals surface area contributed by atoms with Crippen LogP contribution in [0.2, 0.25) is 13.1 Å². The molecule has 1 aliphatic rings. The molecular formula is C11H22BNO3. The van der Waals surface area contributed by atoms with Crippen molar-refractivity contribution in [1.29, 1.82) is 0 Å². The summed E-state index contributed by atoms with van der Waals surface area (Å²) in [5, 5.41) is 3.47. The van der Waals surface area contributed by atoms with E-state index in [1.165, 1.54) is 13.6 Å². The molecule has 0 atom stereocenters. The lowest BCUT2D eigenvalue weighted by Gasteiger charge is -2.35. The molecular weight excluding hydrogens is 205 g/mol. The summed E-state index contributed by atoms with van der Waals surface area (Å²) < 4.78 is 10.2. The molecule has 16 heavy (non-hydrogen) atoms. The van der Waals surface area contributed by atoms with Crippen LogP contribution in [0.15, 0.2) is 0 Å². The number of ether oxygens (including phenoxy) is 2. The van der Waals surface area contributed by atoms with Gasteiger partial charge < -0.3 is 14.8 Å². The number of nitrogens with one attached hydrogen (secondary N) is 1. The van der Waals surface area contributed by atoms with Crippen molar-refractivity contribution in [3.8, 4) is 0 Å². The van der Waals surface area contributed by atoms with Crippen molar-refractivity contribution in [2.45, 2.75) is 45.1 Å². The van der Waals surface area contributed by atoms with Gasteiger partial charge in [-0.05, 0) is 26.3 Å². The van der Waals surface area contributed by atoms with E-state index in [-0.39, 0.29) is 18.7 Å². The summed E-state index contributed by atoms with van der Waals surface area (Å²) in [5.41, 5.74) is 0. The largest absolute Gasteiger partial charge is 0.464 e. The Balaban J connectivity index is 1.93. The van der Waals surface area contributed by atoms with Crippen molar-refractivity contribution >= 4 is 13.2 Å². The van der Waals surface area contributed by atoms with Crippen LogP contribution in [0.1, 0.15) is 19.8 Å². The van der Waals surface area contributed by atoms with Gasteiger partial charge in [0.15, 0.2) is 0 Å². The maximum Gasteiger partial charge on any atom is 0.332 e. The van der Waals surface area contributed by atoms with Crippen LogP contribution < -0.4 is 5.32 Å². The smallest absolute Gasteiger partial charge is 0.332 e. The van der Waals surface area contributed by atoms with Gasteiger partial charge in [0.1, 0.15) is 13.9 Å². The molecule has 0 aliphatic heterocycles. The molecule has 0 bridgehead atoms. The number of rotatable bonds is 8. The second-order valence-corrected chi connectivity index (χ2v) is 4.21. The highest BCUT2D eigenvalue weighted by Crippen LogP contribution is 2.23. The van der Waals surface area contributed by atoms with E-state index in [4.69, 9.17) is 9.47 Å². The van der Waals surface area contributed by atoms with Crippen molar-refractivity contribution < 1.29 is 14.3 Å². The zero-order chi connectivity index (χ0) is 11.8. The van der Waals surface area contributed by atoms with Crippen molar-refractivity contribution in [2.75, 3.05) is 19.8 Å². The quantitative estimate of drug-likeness (QED) is 0.374. The van der Waals surface area contributed by atoms with E-state index in [2.05, 4.69) is 12.1 Å². The zero-order valence-electron chi connectivity index (χ0n) is 10.3. The first kappa shape index (κ1) is 13.5. The minimum Gasteiger partial charge on any atom is -0.464 e. The van der Waals surface area contributed by atoms with Crippen LogP contribution in [0, 0.1) is 0 Å². The topological polar surface area (TPSA) is 47.6 Å². The third-order valence-corrected chi connectivity index (χ3v) is 2.80. The van der Waals surface area contributed by atoms with Crippen LogP contribution in [-0.4, -0.2) is 45.2 Å². The van der Waals surface area contributed by atoms with Gasteiger partial charge in [-0.25, -0.2) is 4.79 Å². The van der Waals surface area contributed by atoms with E-state index in [1.807, 2.05) is 0 Å². The average molecular weight is 227 g/mol. The van der Waals surface area contributed by atoms with Crippen molar-refractivity contribution in [2.24, 2.45) is 0 Å². The van der Waals surface area contributed by atoms with Crippen LogP contribution >= 0.6 is 0 Å². The lowest BCUT2D eigenvalue weighted by Crippen LogP contribution is -2.46. The molecule has 5 heteroatoms. The minimum absolute atomic E-state index is 0.0974. The molecule has 0 aromatic heterocycles. The molecule has 4 nitrogen and oxygen atoms in total. The summed E-state index contributed by atoms with van der Waals surface area (Å²) in [6, 6.07) is 0.582. The SMILES string of the molecule is CBCCN[C@H]1C[C@H](OCC(=O)OCC)C1. The fraction of sp³-hybridized carbons (Fsp3) is 0.909. The molecule has 92 valence electrons. The Morgan fingerprint density at radius 3 is 2.88 bits per heavy atom. The molecule has 1 rings (SSSR count). The maximum atomic E-state index is 11.0. The first-order chi connectivity index (χ1) is 7.76. The van der Waals surface area contributed by atoms with Crippen LogP contribution in [-0.2, 0) is 14.3 Å². The third-order valence-electron chi connectivity index (χ3n) is 2.80. The molecule has 0 amide bonds. The molecule has 1 aliphatic carbocycles. The van der Waals surface area contributed by atoms with Crippen LogP contribution in [0.4, 0.5) is 0 Å². The summed E-state index contributed by atoms with van der Waals surface area (Å²) in [6.45, 7) is 5.60. The van der Waals surface area contributed by atoms with E-state index in [0.717, 1.165) is 19.4 Å². The molecule has 1 fully saturated rings. The van der Waals surface area contributed by atoms with Gasteiger partial charge >= 0.3 is 5.97 Å². The second kappa shape index (κ2) is 7.68. The lowest BCUT2D eigenvalue weighted by molar-refractivity contribution is -0.152. The lowest BCUT2D eigenvalue weighted by atomic mass is 9.78. The molecule has 1 N–H and O–H groups in total. The van der Waals surface area contributed by atoms with Gasteiger partial charge in [-0.2, -0.15) is 0 Å². The zero-order valence-corrected chi connectivity index (χ0v) is 10.3. The first-order valence-electron chi connectivity index (χ1n) is 6.26. The number of hydrogen-bond acceptors (Lipinski definition) is 4. The number of carbonyl (C=O) groups is 1. The molecule has 0 unspecified atom stereocenters. The molecule has 0 spiro atoms. The summed E-state index contributed by atoms with van der Waals surface area (Å²) >= 11 is 0. The van der Waals surface area contributed by atoms with Gasteiger partial charge in [-0.1, -0.05) is 13.1 Å². The van der Waals surface area contributed by atoms with E-state index in [1.54, 1.807) is 6.92 Å². The van der Waals surface area contributed by atoms with Gasteiger partial charge in [0, 0.05) is 6.04 Å². The Bertz CT molecular complexity index is 207. The van der Waals surface area contributed by atoms with Crippen LogP contribution in [0.5, 0.6) is 0 Å². The average Bonchev–Trinajstić information content (AvgIpc) is 2.20. The number of hydrogen-bond donors (Lipinski definition) is 1. The van der Waals surface area contributed by atoms with E-state index in [9.17, 15) is 4.79 Å². The maximum absolute atomic E-state index is 11.0. The van der Waals surface area contributed by atoms with E-state index in [0.29, 0.717) is 12.6 Å². The number of carbonyl (C=O) groups excluding carboxylic acids is 1. The van der Waals surface area contributed by atoms with Gasteiger partial charge in [-0.3, -0.25) is 0 Å². The fourth-order valence-corrected chi connectivity index (χ4v) is 1.74. The fourth-order valence-electron chi connectivity index (χ4n) is 1.74. The van der Waals surface area contributed by atoms with E-state index < -0.39 is 0 Å². The summed E-state index contributed by atoms with van der Waals surface area (Å²) in [4.78, 5) is 11.0. The highest BCUT2D eigenvalue weighted by molar-refractivity contribution is 6.33. The monoisotopic (exact) mass is 227 g/mol. The van der Waals surface area contributed by atoms with Crippen molar-refractivity contribution in [3.63, 3.8) is 0 Å². The van der Waals surface area contributed by atoms with Crippen LogP contribution in [0.25, 0.3) is 0 Å². The normalized spacial score (nSPS) is 23.6. The third kappa shape index (κ3) is 4.99. The second-order valence-electron chi connectivity index (χ2n) is 4.21. The van der Waals surface area contributed by atoms with Gasteiger partial charge in [0.2, 0.25) is 0 Å². The Hall–Kier alpha value is -0.545. The minimum atomic E-state index is -0.259. The molecule has 0 aromatic rings. The van der Waals surface area contributed by atoms with Gasteiger partial charge in [0.05, 0.1) is 12.7 Å². The summed E-state index contributed by atoms with van der Waals surface area (Å²) in [5.74, 6) is -0.259. The van der Waals surface area contributed by atoms with Gasteiger partial charge in [0.25, 0.3) is 0 Å². The molecule has 1 saturated carbocycles. The Labute approximate surface area is 98.3 Å². The Morgan fingerprint density at radius 2 is 2.25 bits per heavy atom. The van der Waals surface area contributed by atoms with Crippen LogP contribution in [0.3, 0.4) is 0 Å². The first-order valence-corrected chi connectivity index (χ1v) is 6.26. The number of esters is 1. The molecule has 0 radical (unpaired) electrons. The summed E-state index contributed by atoms with van der Waals surface area (Å²) in [7, 11) is 1.22. The Kier molecular flexibility index (Phi) is 6.49. The molecule has 0 aromatic carbocycles. The van der Waals surface area contributed by atoms with Gasteiger partial charge in [-0.15, -0.1) is 0 Å². The van der Waals surface area contributed by atoms with Crippen molar-refractivity contribution in [1.82, 2.24) is 5.32 Å². The van der Waals surface area contributed by atoms with E-state index >= 15 is 0 Å². The van der Waals surface area contributed by atoms with Crippen molar-refractivity contribution in [3.05, 3.63) is 0 Å². The molecule has 0 heterocycles. The summed E-state index contributed by atoms with van der Waals surface area (Å²) in [6.07, 6.45) is 3.50. The highest BCUT2D eigenvalue weighted by atomic mass is 16.6. The Morgan fingerprint density at radius 1 is 1.50 bits per heavy atom. The predicted octanol–water partition coefficient (Wildman–Crippen LogP) is 0.590. The highest BCUT2D eigenvalue weighted by Gasteiger charge is 2.29.